The van der Waals surface area contributed by atoms with Crippen molar-refractivity contribution >= 4 is 11.3 Å². The first-order valence-corrected chi connectivity index (χ1v) is 5.39. The summed E-state index contributed by atoms with van der Waals surface area (Å²) in [5, 5.41) is 11.9. The lowest BCUT2D eigenvalue weighted by Gasteiger charge is -2.18. The fourth-order valence-electron chi connectivity index (χ4n) is 1.43. The molecule has 0 amide bonds. The Hall–Kier alpha value is -0.340. The Morgan fingerprint density at radius 3 is 2.50 bits per heavy atom. The molecule has 1 heterocycles. The van der Waals surface area contributed by atoms with E-state index in [1.807, 2.05) is 17.5 Å². The highest BCUT2D eigenvalue weighted by molar-refractivity contribution is 7.10. The molecule has 1 rings (SSSR count). The molecule has 0 saturated heterocycles. The average Bonchev–Trinajstić information content (AvgIpc) is 2.58. The maximum Gasteiger partial charge on any atom is 0.0909 e. The molecule has 68 valence electrons. The van der Waals surface area contributed by atoms with Crippen molar-refractivity contribution in [2.24, 2.45) is 5.92 Å². The molecule has 1 aromatic rings. The quantitative estimate of drug-likeness (QED) is 0.761. The molecule has 0 fully saturated rings. The molecule has 1 unspecified atom stereocenters. The molecule has 12 heavy (non-hydrogen) atoms. The van der Waals surface area contributed by atoms with Crippen molar-refractivity contribution in [1.29, 1.82) is 0 Å². The SMILES string of the molecule is CCC(CC)C(O)c1cccs1. The van der Waals surface area contributed by atoms with Crippen LogP contribution in [0.4, 0.5) is 0 Å². The average molecular weight is 184 g/mol. The van der Waals surface area contributed by atoms with Crippen molar-refractivity contribution in [2.45, 2.75) is 32.8 Å². The molecule has 0 radical (unpaired) electrons. The van der Waals surface area contributed by atoms with E-state index in [0.29, 0.717) is 5.92 Å². The first-order chi connectivity index (χ1) is 5.79. The van der Waals surface area contributed by atoms with Crippen molar-refractivity contribution < 1.29 is 5.11 Å². The Kier molecular flexibility index (Phi) is 3.76. The minimum atomic E-state index is -0.250. The highest BCUT2D eigenvalue weighted by Crippen LogP contribution is 2.29. The number of hydrogen-bond acceptors (Lipinski definition) is 2. The van der Waals surface area contributed by atoms with Crippen LogP contribution in [0, 0.1) is 5.92 Å². The lowest BCUT2D eigenvalue weighted by Crippen LogP contribution is -2.09. The Balaban J connectivity index is 2.63. The van der Waals surface area contributed by atoms with Gasteiger partial charge in [0.2, 0.25) is 0 Å². The van der Waals surface area contributed by atoms with Crippen LogP contribution in [0.15, 0.2) is 17.5 Å². The van der Waals surface area contributed by atoms with Gasteiger partial charge in [-0.2, -0.15) is 0 Å². The van der Waals surface area contributed by atoms with Gasteiger partial charge < -0.3 is 5.11 Å². The zero-order valence-corrected chi connectivity index (χ0v) is 8.47. The Morgan fingerprint density at radius 2 is 2.08 bits per heavy atom. The second-order valence-corrected chi connectivity index (χ2v) is 4.02. The zero-order chi connectivity index (χ0) is 8.97. The number of rotatable bonds is 4. The van der Waals surface area contributed by atoms with E-state index in [9.17, 15) is 5.11 Å². The highest BCUT2D eigenvalue weighted by Gasteiger charge is 2.17. The molecule has 1 atom stereocenters. The summed E-state index contributed by atoms with van der Waals surface area (Å²) >= 11 is 1.64. The first-order valence-electron chi connectivity index (χ1n) is 4.51. The van der Waals surface area contributed by atoms with Gasteiger partial charge in [0.15, 0.2) is 0 Å². The van der Waals surface area contributed by atoms with E-state index in [1.54, 1.807) is 11.3 Å². The summed E-state index contributed by atoms with van der Waals surface area (Å²) in [6, 6.07) is 4.00. The summed E-state index contributed by atoms with van der Waals surface area (Å²) in [6.45, 7) is 4.26. The molecule has 0 aromatic carbocycles. The fraction of sp³-hybridized carbons (Fsp3) is 0.600. The minimum Gasteiger partial charge on any atom is -0.387 e. The Bertz CT molecular complexity index is 202. The second-order valence-electron chi connectivity index (χ2n) is 3.04. The van der Waals surface area contributed by atoms with Crippen molar-refractivity contribution in [3.05, 3.63) is 22.4 Å². The predicted octanol–water partition coefficient (Wildman–Crippen LogP) is 3.22. The summed E-state index contributed by atoms with van der Waals surface area (Å²) in [6.07, 6.45) is 1.85. The monoisotopic (exact) mass is 184 g/mol. The van der Waals surface area contributed by atoms with Gasteiger partial charge in [-0.15, -0.1) is 11.3 Å². The summed E-state index contributed by atoms with van der Waals surface area (Å²) in [7, 11) is 0. The lowest BCUT2D eigenvalue weighted by atomic mass is 9.96. The molecule has 0 aliphatic rings. The van der Waals surface area contributed by atoms with Gasteiger partial charge in [0.1, 0.15) is 0 Å². The molecular formula is C10H16OS. The topological polar surface area (TPSA) is 20.2 Å². The third-order valence-corrected chi connectivity index (χ3v) is 3.27. The van der Waals surface area contributed by atoms with Crippen LogP contribution in [0.3, 0.4) is 0 Å². The molecular weight excluding hydrogens is 168 g/mol. The normalized spacial score (nSPS) is 13.7. The third kappa shape index (κ3) is 2.08. The molecule has 1 nitrogen and oxygen atoms in total. The van der Waals surface area contributed by atoms with Crippen LogP contribution in [0.25, 0.3) is 0 Å². The van der Waals surface area contributed by atoms with Crippen molar-refractivity contribution in [2.75, 3.05) is 0 Å². The van der Waals surface area contributed by atoms with E-state index >= 15 is 0 Å². The molecule has 0 spiro atoms. The lowest BCUT2D eigenvalue weighted by molar-refractivity contribution is 0.107. The Labute approximate surface area is 78.1 Å². The summed E-state index contributed by atoms with van der Waals surface area (Å²) in [5.41, 5.74) is 0. The smallest absolute Gasteiger partial charge is 0.0909 e. The predicted molar refractivity (Wildman–Crippen MR) is 53.4 cm³/mol. The van der Waals surface area contributed by atoms with Crippen LogP contribution in [-0.4, -0.2) is 5.11 Å². The van der Waals surface area contributed by atoms with E-state index in [0.717, 1.165) is 17.7 Å². The van der Waals surface area contributed by atoms with E-state index in [1.165, 1.54) is 0 Å². The van der Waals surface area contributed by atoms with Crippen molar-refractivity contribution in [1.82, 2.24) is 0 Å². The van der Waals surface area contributed by atoms with Crippen molar-refractivity contribution in [3.63, 3.8) is 0 Å². The van der Waals surface area contributed by atoms with Crippen LogP contribution >= 0.6 is 11.3 Å². The Morgan fingerprint density at radius 1 is 1.42 bits per heavy atom. The van der Waals surface area contributed by atoms with E-state index in [2.05, 4.69) is 13.8 Å². The van der Waals surface area contributed by atoms with Gasteiger partial charge in [0, 0.05) is 4.88 Å². The van der Waals surface area contributed by atoms with Gasteiger partial charge >= 0.3 is 0 Å². The maximum atomic E-state index is 9.88. The van der Waals surface area contributed by atoms with Gasteiger partial charge in [-0.25, -0.2) is 0 Å². The van der Waals surface area contributed by atoms with Crippen LogP contribution in [-0.2, 0) is 0 Å². The van der Waals surface area contributed by atoms with Gasteiger partial charge in [0.25, 0.3) is 0 Å². The molecule has 0 aliphatic heterocycles. The molecule has 1 aromatic heterocycles. The standard InChI is InChI=1S/C10H16OS/c1-3-8(4-2)10(11)9-6-5-7-12-9/h5-8,10-11H,3-4H2,1-2H3. The molecule has 0 bridgehead atoms. The number of aliphatic hydroxyl groups is 1. The van der Waals surface area contributed by atoms with E-state index < -0.39 is 0 Å². The fourth-order valence-corrected chi connectivity index (χ4v) is 2.23. The summed E-state index contributed by atoms with van der Waals surface area (Å²) in [5.74, 6) is 0.420. The number of hydrogen-bond donors (Lipinski definition) is 1. The van der Waals surface area contributed by atoms with Crippen LogP contribution in [0.2, 0.25) is 0 Å². The van der Waals surface area contributed by atoms with Crippen LogP contribution < -0.4 is 0 Å². The molecule has 0 aliphatic carbocycles. The molecule has 0 saturated carbocycles. The van der Waals surface area contributed by atoms with E-state index in [-0.39, 0.29) is 6.10 Å². The molecule has 2 heteroatoms. The summed E-state index contributed by atoms with van der Waals surface area (Å²) in [4.78, 5) is 1.10. The van der Waals surface area contributed by atoms with Gasteiger partial charge in [-0.3, -0.25) is 0 Å². The van der Waals surface area contributed by atoms with Gasteiger partial charge in [-0.05, 0) is 17.4 Å². The zero-order valence-electron chi connectivity index (χ0n) is 7.66. The largest absolute Gasteiger partial charge is 0.387 e. The van der Waals surface area contributed by atoms with E-state index in [4.69, 9.17) is 0 Å². The number of thiophene rings is 1. The summed E-state index contributed by atoms with van der Waals surface area (Å²) < 4.78 is 0. The highest BCUT2D eigenvalue weighted by atomic mass is 32.1. The molecule has 1 N–H and O–H groups in total. The van der Waals surface area contributed by atoms with Crippen LogP contribution in [0.5, 0.6) is 0 Å². The third-order valence-electron chi connectivity index (χ3n) is 2.33. The van der Waals surface area contributed by atoms with Gasteiger partial charge in [-0.1, -0.05) is 32.8 Å². The minimum absolute atomic E-state index is 0.250. The van der Waals surface area contributed by atoms with Crippen LogP contribution in [0.1, 0.15) is 37.7 Å². The maximum absolute atomic E-state index is 9.88. The number of aliphatic hydroxyl groups excluding tert-OH is 1. The first kappa shape index (κ1) is 9.75. The van der Waals surface area contributed by atoms with Gasteiger partial charge in [0.05, 0.1) is 6.10 Å². The van der Waals surface area contributed by atoms with Crippen molar-refractivity contribution in [3.8, 4) is 0 Å². The second kappa shape index (κ2) is 4.63.